The molecule has 0 bridgehead atoms. The third-order valence-electron chi connectivity index (χ3n) is 4.06. The Hall–Kier alpha value is -0.810. The molecule has 6 heteroatoms. The molecule has 5 nitrogen and oxygen atoms in total. The molecule has 0 saturated heterocycles. The third kappa shape index (κ3) is 8.27. The molecular weight excluding hydrogens is 290 g/mol. The first-order valence-electron chi connectivity index (χ1n) is 8.01. The van der Waals surface area contributed by atoms with E-state index in [1.54, 1.807) is 0 Å². The van der Waals surface area contributed by atoms with Crippen molar-refractivity contribution in [2.75, 3.05) is 19.6 Å². The third-order valence-corrected chi connectivity index (χ3v) is 4.06. The molecule has 3 N–H and O–H groups in total. The number of hydrogen-bond acceptors (Lipinski definition) is 3. The van der Waals surface area contributed by atoms with Gasteiger partial charge in [-0.1, -0.05) is 19.3 Å². The highest BCUT2D eigenvalue weighted by Crippen LogP contribution is 2.27. The van der Waals surface area contributed by atoms with Gasteiger partial charge in [0.2, 0.25) is 11.8 Å². The molecular formula is C15H28ClN3O2. The van der Waals surface area contributed by atoms with Crippen LogP contribution in [0.5, 0.6) is 0 Å². The van der Waals surface area contributed by atoms with Gasteiger partial charge in [-0.2, -0.15) is 0 Å². The van der Waals surface area contributed by atoms with Crippen LogP contribution in [0.25, 0.3) is 0 Å². The van der Waals surface area contributed by atoms with E-state index < -0.39 is 0 Å². The molecule has 2 saturated carbocycles. The highest BCUT2D eigenvalue weighted by Gasteiger charge is 2.20. The van der Waals surface area contributed by atoms with E-state index >= 15 is 0 Å². The largest absolute Gasteiger partial charge is 0.354 e. The van der Waals surface area contributed by atoms with Crippen LogP contribution in [0.3, 0.4) is 0 Å². The summed E-state index contributed by atoms with van der Waals surface area (Å²) < 4.78 is 0. The molecule has 0 heterocycles. The topological polar surface area (TPSA) is 70.2 Å². The molecule has 0 aromatic rings. The van der Waals surface area contributed by atoms with Crippen molar-refractivity contribution in [2.45, 2.75) is 57.4 Å². The number of nitrogens with one attached hydrogen (secondary N) is 3. The van der Waals surface area contributed by atoms with E-state index in [4.69, 9.17) is 0 Å². The molecule has 0 radical (unpaired) electrons. The van der Waals surface area contributed by atoms with E-state index in [0.29, 0.717) is 25.6 Å². The van der Waals surface area contributed by atoms with E-state index in [1.807, 2.05) is 0 Å². The normalized spacial score (nSPS) is 18.7. The first kappa shape index (κ1) is 18.2. The van der Waals surface area contributed by atoms with Crippen LogP contribution in [-0.2, 0) is 9.59 Å². The van der Waals surface area contributed by atoms with Gasteiger partial charge in [0.25, 0.3) is 0 Å². The number of hydrogen-bond donors (Lipinski definition) is 3. The van der Waals surface area contributed by atoms with Gasteiger partial charge in [-0.15, -0.1) is 12.4 Å². The average molecular weight is 318 g/mol. The molecule has 0 unspecified atom stereocenters. The quantitative estimate of drug-likeness (QED) is 0.633. The van der Waals surface area contributed by atoms with Crippen molar-refractivity contribution < 1.29 is 9.59 Å². The van der Waals surface area contributed by atoms with Gasteiger partial charge in [0.1, 0.15) is 0 Å². The maximum Gasteiger partial charge on any atom is 0.233 e. The SMILES string of the molecule is Cl.O=C(CNCC1CC1)NCCC(=O)NC1CCCCC1. The summed E-state index contributed by atoms with van der Waals surface area (Å²) in [7, 11) is 0. The van der Waals surface area contributed by atoms with Gasteiger partial charge in [0.15, 0.2) is 0 Å². The molecule has 0 spiro atoms. The Morgan fingerprint density at radius 1 is 0.952 bits per heavy atom. The minimum atomic E-state index is -0.0175. The van der Waals surface area contributed by atoms with E-state index in [9.17, 15) is 9.59 Å². The Kier molecular flexibility index (Phi) is 8.69. The zero-order valence-electron chi connectivity index (χ0n) is 12.7. The van der Waals surface area contributed by atoms with Crippen LogP contribution in [0, 0.1) is 5.92 Å². The van der Waals surface area contributed by atoms with Crippen LogP contribution < -0.4 is 16.0 Å². The van der Waals surface area contributed by atoms with Crippen LogP contribution >= 0.6 is 12.4 Å². The molecule has 122 valence electrons. The summed E-state index contributed by atoms with van der Waals surface area (Å²) in [6.45, 7) is 1.73. The molecule has 2 aliphatic rings. The van der Waals surface area contributed by atoms with E-state index in [-0.39, 0.29) is 24.2 Å². The van der Waals surface area contributed by atoms with Crippen LogP contribution in [0.4, 0.5) is 0 Å². The zero-order valence-corrected chi connectivity index (χ0v) is 13.5. The Labute approximate surface area is 133 Å². The predicted molar refractivity (Wildman–Crippen MR) is 85.5 cm³/mol. The Bertz CT molecular complexity index is 329. The summed E-state index contributed by atoms with van der Waals surface area (Å²) in [5.41, 5.74) is 0. The first-order chi connectivity index (χ1) is 9.74. The lowest BCUT2D eigenvalue weighted by atomic mass is 9.95. The second-order valence-corrected chi connectivity index (χ2v) is 6.08. The lowest BCUT2D eigenvalue weighted by molar-refractivity contribution is -0.122. The van der Waals surface area contributed by atoms with Crippen molar-refractivity contribution in [2.24, 2.45) is 5.92 Å². The number of carbonyl (C=O) groups excluding carboxylic acids is 2. The summed E-state index contributed by atoms with van der Waals surface area (Å²) in [5.74, 6) is 0.823. The van der Waals surface area contributed by atoms with Crippen LogP contribution in [0.15, 0.2) is 0 Å². The van der Waals surface area contributed by atoms with Crippen molar-refractivity contribution in [3.8, 4) is 0 Å². The molecule has 2 rings (SSSR count). The van der Waals surface area contributed by atoms with Crippen LogP contribution in [0.2, 0.25) is 0 Å². The van der Waals surface area contributed by atoms with Crippen molar-refractivity contribution in [1.29, 1.82) is 0 Å². The second kappa shape index (κ2) is 10.0. The van der Waals surface area contributed by atoms with Crippen molar-refractivity contribution in [3.63, 3.8) is 0 Å². The monoisotopic (exact) mass is 317 g/mol. The van der Waals surface area contributed by atoms with Crippen molar-refractivity contribution >= 4 is 24.2 Å². The standard InChI is InChI=1S/C15H27N3O2.ClH/c19-14(18-13-4-2-1-3-5-13)8-9-17-15(20)11-16-10-12-6-7-12;/h12-13,16H,1-11H2,(H,17,20)(H,18,19);1H. The number of amides is 2. The molecule has 2 fully saturated rings. The molecule has 0 aromatic heterocycles. The number of halogens is 1. The maximum atomic E-state index is 11.7. The summed E-state index contributed by atoms with van der Waals surface area (Å²) in [4.78, 5) is 23.2. The smallest absolute Gasteiger partial charge is 0.233 e. The van der Waals surface area contributed by atoms with Crippen molar-refractivity contribution in [3.05, 3.63) is 0 Å². The highest BCUT2D eigenvalue weighted by atomic mass is 35.5. The van der Waals surface area contributed by atoms with Gasteiger partial charge >= 0.3 is 0 Å². The van der Waals surface area contributed by atoms with Gasteiger partial charge in [-0.3, -0.25) is 9.59 Å². The molecule has 2 aliphatic carbocycles. The summed E-state index contributed by atoms with van der Waals surface area (Å²) in [5, 5.41) is 8.97. The molecule has 21 heavy (non-hydrogen) atoms. The fraction of sp³-hybridized carbons (Fsp3) is 0.867. The van der Waals surface area contributed by atoms with Crippen molar-refractivity contribution in [1.82, 2.24) is 16.0 Å². The minimum absolute atomic E-state index is 0. The molecule has 2 amide bonds. The minimum Gasteiger partial charge on any atom is -0.354 e. The summed E-state index contributed by atoms with van der Waals surface area (Å²) >= 11 is 0. The van der Waals surface area contributed by atoms with Gasteiger partial charge < -0.3 is 16.0 Å². The summed E-state index contributed by atoms with van der Waals surface area (Å²) in [6, 6.07) is 0.354. The fourth-order valence-electron chi connectivity index (χ4n) is 2.64. The number of carbonyl (C=O) groups is 2. The van der Waals surface area contributed by atoms with Gasteiger partial charge in [0.05, 0.1) is 6.54 Å². The lowest BCUT2D eigenvalue weighted by Gasteiger charge is -2.22. The molecule has 0 aliphatic heterocycles. The Morgan fingerprint density at radius 2 is 1.67 bits per heavy atom. The van der Waals surface area contributed by atoms with Gasteiger partial charge in [-0.25, -0.2) is 0 Å². The van der Waals surface area contributed by atoms with Crippen LogP contribution in [0.1, 0.15) is 51.4 Å². The number of rotatable bonds is 8. The average Bonchev–Trinajstić information content (AvgIpc) is 3.24. The lowest BCUT2D eigenvalue weighted by Crippen LogP contribution is -2.39. The zero-order chi connectivity index (χ0) is 14.2. The second-order valence-electron chi connectivity index (χ2n) is 6.08. The molecule has 0 aromatic carbocycles. The Balaban J connectivity index is 0.00000220. The van der Waals surface area contributed by atoms with E-state index in [0.717, 1.165) is 25.3 Å². The van der Waals surface area contributed by atoms with E-state index in [2.05, 4.69) is 16.0 Å². The Morgan fingerprint density at radius 3 is 2.33 bits per heavy atom. The predicted octanol–water partition coefficient (Wildman–Crippen LogP) is 1.36. The first-order valence-corrected chi connectivity index (χ1v) is 8.01. The van der Waals surface area contributed by atoms with Crippen LogP contribution in [-0.4, -0.2) is 37.5 Å². The summed E-state index contributed by atoms with van der Waals surface area (Å²) in [6.07, 6.45) is 8.88. The van der Waals surface area contributed by atoms with Gasteiger partial charge in [-0.05, 0) is 38.1 Å². The molecule has 0 atom stereocenters. The fourth-order valence-corrected chi connectivity index (χ4v) is 2.64. The van der Waals surface area contributed by atoms with E-state index in [1.165, 1.54) is 32.1 Å². The maximum absolute atomic E-state index is 11.7. The highest BCUT2D eigenvalue weighted by molar-refractivity contribution is 5.85. The van der Waals surface area contributed by atoms with Gasteiger partial charge in [0, 0.05) is 19.0 Å².